The standard InChI is InChI=1S/C12H15BrN4O2/c1-3-12(2,14)10(18)15-7-5-9-8(4-6(7)13)16-11(19)17-9/h4-5H,3,14H2,1-2H3,(H,15,18)(H2,16,17,19). The molecule has 1 heterocycles. The summed E-state index contributed by atoms with van der Waals surface area (Å²) >= 11 is 3.35. The van der Waals surface area contributed by atoms with Gasteiger partial charge < -0.3 is 21.0 Å². The zero-order valence-electron chi connectivity index (χ0n) is 10.6. The average molecular weight is 327 g/mol. The molecule has 7 heteroatoms. The number of aromatic nitrogens is 2. The quantitative estimate of drug-likeness (QED) is 0.689. The summed E-state index contributed by atoms with van der Waals surface area (Å²) in [6.45, 7) is 3.52. The van der Waals surface area contributed by atoms with Crippen molar-refractivity contribution in [2.45, 2.75) is 25.8 Å². The van der Waals surface area contributed by atoms with E-state index in [1.54, 1.807) is 19.1 Å². The summed E-state index contributed by atoms with van der Waals surface area (Å²) in [4.78, 5) is 28.5. The molecule has 0 saturated heterocycles. The van der Waals surface area contributed by atoms with Crippen LogP contribution in [0, 0.1) is 0 Å². The monoisotopic (exact) mass is 326 g/mol. The van der Waals surface area contributed by atoms with Crippen LogP contribution in [0.25, 0.3) is 11.0 Å². The van der Waals surface area contributed by atoms with Crippen LogP contribution in [0.1, 0.15) is 20.3 Å². The molecule has 1 atom stereocenters. The maximum absolute atomic E-state index is 12.0. The van der Waals surface area contributed by atoms with Crippen LogP contribution in [0.15, 0.2) is 21.4 Å². The molecule has 0 aliphatic heterocycles. The van der Waals surface area contributed by atoms with Gasteiger partial charge in [-0.1, -0.05) is 6.92 Å². The molecule has 0 radical (unpaired) electrons. The molecule has 0 bridgehead atoms. The van der Waals surface area contributed by atoms with E-state index in [1.807, 2.05) is 6.92 Å². The maximum atomic E-state index is 12.0. The first-order valence-corrected chi connectivity index (χ1v) is 6.64. The number of carbonyl (C=O) groups excluding carboxylic acids is 1. The number of carbonyl (C=O) groups is 1. The Hall–Kier alpha value is -1.60. The Morgan fingerprint density at radius 1 is 1.42 bits per heavy atom. The smallest absolute Gasteiger partial charge is 0.323 e. The van der Waals surface area contributed by atoms with Gasteiger partial charge in [-0.15, -0.1) is 0 Å². The van der Waals surface area contributed by atoms with Crippen molar-refractivity contribution < 1.29 is 4.79 Å². The van der Waals surface area contributed by atoms with Crippen LogP contribution in [0.2, 0.25) is 0 Å². The number of halogens is 1. The van der Waals surface area contributed by atoms with Crippen LogP contribution in [-0.2, 0) is 4.79 Å². The molecule has 2 aromatic rings. The topological polar surface area (TPSA) is 104 Å². The van der Waals surface area contributed by atoms with Crippen molar-refractivity contribution in [3.8, 4) is 0 Å². The van der Waals surface area contributed by atoms with Crippen LogP contribution < -0.4 is 16.7 Å². The number of hydrogen-bond donors (Lipinski definition) is 4. The summed E-state index contributed by atoms with van der Waals surface area (Å²) in [5, 5.41) is 2.76. The second-order valence-corrected chi connectivity index (χ2v) is 5.54. The lowest BCUT2D eigenvalue weighted by molar-refractivity contribution is -0.120. The molecule has 2 rings (SSSR count). The third-order valence-electron chi connectivity index (χ3n) is 3.10. The van der Waals surface area contributed by atoms with Gasteiger partial charge in [0.15, 0.2) is 0 Å². The molecule has 102 valence electrons. The summed E-state index contributed by atoms with van der Waals surface area (Å²) in [5.41, 5.74) is 6.52. The van der Waals surface area contributed by atoms with Crippen molar-refractivity contribution in [2.75, 3.05) is 5.32 Å². The average Bonchev–Trinajstić information content (AvgIpc) is 2.68. The van der Waals surface area contributed by atoms with Crippen molar-refractivity contribution in [1.29, 1.82) is 0 Å². The first-order valence-electron chi connectivity index (χ1n) is 5.85. The Morgan fingerprint density at radius 3 is 2.58 bits per heavy atom. The number of aromatic amines is 2. The SMILES string of the molecule is CCC(C)(N)C(=O)Nc1cc2[nH]c(=O)[nH]c2cc1Br. The van der Waals surface area contributed by atoms with Gasteiger partial charge in [-0.3, -0.25) is 4.79 Å². The lowest BCUT2D eigenvalue weighted by atomic mass is 9.99. The Labute approximate surface area is 117 Å². The number of benzene rings is 1. The van der Waals surface area contributed by atoms with E-state index in [0.717, 1.165) is 0 Å². The van der Waals surface area contributed by atoms with E-state index in [4.69, 9.17) is 5.73 Å². The third-order valence-corrected chi connectivity index (χ3v) is 3.76. The van der Waals surface area contributed by atoms with Gasteiger partial charge in [0.25, 0.3) is 0 Å². The molecule has 5 N–H and O–H groups in total. The molecular weight excluding hydrogens is 312 g/mol. The van der Waals surface area contributed by atoms with E-state index in [2.05, 4.69) is 31.2 Å². The van der Waals surface area contributed by atoms with Gasteiger partial charge in [0.05, 0.1) is 22.3 Å². The third kappa shape index (κ3) is 2.71. The molecule has 1 amide bonds. The van der Waals surface area contributed by atoms with E-state index in [-0.39, 0.29) is 11.6 Å². The molecule has 0 fully saturated rings. The zero-order chi connectivity index (χ0) is 14.2. The molecule has 0 aliphatic rings. The van der Waals surface area contributed by atoms with Gasteiger partial charge in [0.1, 0.15) is 0 Å². The van der Waals surface area contributed by atoms with Crippen LogP contribution >= 0.6 is 15.9 Å². The summed E-state index contributed by atoms with van der Waals surface area (Å²) in [7, 11) is 0. The minimum atomic E-state index is -0.931. The number of rotatable bonds is 3. The van der Waals surface area contributed by atoms with Gasteiger partial charge in [0.2, 0.25) is 5.91 Å². The molecule has 1 aromatic heterocycles. The highest BCUT2D eigenvalue weighted by atomic mass is 79.9. The minimum Gasteiger partial charge on any atom is -0.323 e. The molecular formula is C12H15BrN4O2. The van der Waals surface area contributed by atoms with Crippen molar-refractivity contribution in [1.82, 2.24) is 9.97 Å². The van der Waals surface area contributed by atoms with E-state index < -0.39 is 5.54 Å². The summed E-state index contributed by atoms with van der Waals surface area (Å²) in [6.07, 6.45) is 0.527. The van der Waals surface area contributed by atoms with Crippen LogP contribution in [0.5, 0.6) is 0 Å². The number of amides is 1. The fourth-order valence-corrected chi connectivity index (χ4v) is 2.02. The predicted octanol–water partition coefficient (Wildman–Crippen LogP) is 1.68. The molecule has 1 aromatic carbocycles. The van der Waals surface area contributed by atoms with Crippen molar-refractivity contribution in [3.05, 3.63) is 27.1 Å². The van der Waals surface area contributed by atoms with Crippen LogP contribution in [-0.4, -0.2) is 21.4 Å². The fraction of sp³-hybridized carbons (Fsp3) is 0.333. The highest BCUT2D eigenvalue weighted by molar-refractivity contribution is 9.10. The predicted molar refractivity (Wildman–Crippen MR) is 78.1 cm³/mol. The number of nitrogens with one attached hydrogen (secondary N) is 3. The molecule has 0 aliphatic carbocycles. The maximum Gasteiger partial charge on any atom is 0.323 e. The lowest BCUT2D eigenvalue weighted by Gasteiger charge is -2.21. The molecule has 0 saturated carbocycles. The Kier molecular flexibility index (Phi) is 3.51. The fourth-order valence-electron chi connectivity index (χ4n) is 1.58. The second kappa shape index (κ2) is 4.82. The Bertz CT molecular complexity index is 687. The van der Waals surface area contributed by atoms with E-state index in [0.29, 0.717) is 27.6 Å². The summed E-state index contributed by atoms with van der Waals surface area (Å²) in [6, 6.07) is 3.41. The number of fused-ring (bicyclic) bond motifs is 1. The van der Waals surface area contributed by atoms with Crippen molar-refractivity contribution in [2.24, 2.45) is 5.73 Å². The second-order valence-electron chi connectivity index (χ2n) is 4.68. The van der Waals surface area contributed by atoms with E-state index in [1.165, 1.54) is 0 Å². The van der Waals surface area contributed by atoms with E-state index in [9.17, 15) is 9.59 Å². The number of nitrogens with two attached hydrogens (primary N) is 1. The molecule has 0 spiro atoms. The first kappa shape index (κ1) is 13.8. The van der Waals surface area contributed by atoms with Gasteiger partial charge in [0, 0.05) is 4.47 Å². The lowest BCUT2D eigenvalue weighted by Crippen LogP contribution is -2.47. The molecule has 19 heavy (non-hydrogen) atoms. The number of hydrogen-bond acceptors (Lipinski definition) is 3. The van der Waals surface area contributed by atoms with Gasteiger partial charge in [-0.05, 0) is 41.4 Å². The Balaban J connectivity index is 2.37. The van der Waals surface area contributed by atoms with Crippen molar-refractivity contribution in [3.63, 3.8) is 0 Å². The Morgan fingerprint density at radius 2 is 2.00 bits per heavy atom. The number of H-pyrrole nitrogens is 2. The zero-order valence-corrected chi connectivity index (χ0v) is 12.2. The molecule has 6 nitrogen and oxygen atoms in total. The van der Waals surface area contributed by atoms with Gasteiger partial charge in [-0.2, -0.15) is 0 Å². The van der Waals surface area contributed by atoms with Crippen LogP contribution in [0.4, 0.5) is 5.69 Å². The van der Waals surface area contributed by atoms with Crippen molar-refractivity contribution >= 4 is 38.6 Å². The first-order chi connectivity index (χ1) is 8.83. The summed E-state index contributed by atoms with van der Waals surface area (Å²) in [5.74, 6) is -0.270. The highest BCUT2D eigenvalue weighted by Crippen LogP contribution is 2.27. The highest BCUT2D eigenvalue weighted by Gasteiger charge is 2.26. The van der Waals surface area contributed by atoms with Gasteiger partial charge in [-0.25, -0.2) is 4.79 Å². The number of anilines is 1. The minimum absolute atomic E-state index is 0.270. The number of imidazole rings is 1. The van der Waals surface area contributed by atoms with Crippen LogP contribution in [0.3, 0.4) is 0 Å². The molecule has 1 unspecified atom stereocenters. The largest absolute Gasteiger partial charge is 0.323 e. The van der Waals surface area contributed by atoms with E-state index >= 15 is 0 Å². The summed E-state index contributed by atoms with van der Waals surface area (Å²) < 4.78 is 0.676. The normalized spacial score (nSPS) is 14.3. The van der Waals surface area contributed by atoms with Gasteiger partial charge >= 0.3 is 5.69 Å².